The van der Waals surface area contributed by atoms with E-state index < -0.39 is 10.8 Å². The minimum absolute atomic E-state index is 0.0751. The highest BCUT2D eigenvalue weighted by Gasteiger charge is 2.18. The van der Waals surface area contributed by atoms with Crippen LogP contribution in [0, 0.1) is 17.0 Å². The molecule has 7 nitrogen and oxygen atoms in total. The van der Waals surface area contributed by atoms with Gasteiger partial charge in [0.2, 0.25) is 0 Å². The zero-order valence-electron chi connectivity index (χ0n) is 12.8. The molecule has 2 N–H and O–H groups in total. The molecule has 0 radical (unpaired) electrons. The highest BCUT2D eigenvalue weighted by Crippen LogP contribution is 2.24. The maximum Gasteiger partial charge on any atom is 0.273 e. The van der Waals surface area contributed by atoms with Crippen LogP contribution in [0.2, 0.25) is 0 Å². The lowest BCUT2D eigenvalue weighted by molar-refractivity contribution is -0.385. The second-order valence-electron chi connectivity index (χ2n) is 5.21. The first-order valence-electron chi connectivity index (χ1n) is 7.21. The van der Waals surface area contributed by atoms with Gasteiger partial charge in [-0.2, -0.15) is 5.10 Å². The lowest BCUT2D eigenvalue weighted by Crippen LogP contribution is -2.14. The average Bonchev–Trinajstić information content (AvgIpc) is 3.09. The number of carbonyl (C=O) groups is 1. The summed E-state index contributed by atoms with van der Waals surface area (Å²) in [5.41, 5.74) is 2.84. The van der Waals surface area contributed by atoms with Gasteiger partial charge in [0.05, 0.1) is 10.6 Å². The maximum atomic E-state index is 12.5. The number of carbonyl (C=O) groups excluding carboxylic acids is 1. The van der Waals surface area contributed by atoms with Crippen molar-refractivity contribution in [2.24, 2.45) is 0 Å². The van der Waals surface area contributed by atoms with Crippen LogP contribution in [0.3, 0.4) is 0 Å². The van der Waals surface area contributed by atoms with Gasteiger partial charge in [-0.25, -0.2) is 0 Å². The molecule has 0 fully saturated rings. The van der Waals surface area contributed by atoms with Crippen LogP contribution in [0.4, 0.5) is 11.4 Å². The van der Waals surface area contributed by atoms with E-state index in [0.717, 1.165) is 11.3 Å². The molecule has 120 valence electrons. The van der Waals surface area contributed by atoms with E-state index in [-0.39, 0.29) is 11.3 Å². The molecule has 0 atom stereocenters. The number of nitro benzene ring substituents is 1. The Balaban J connectivity index is 1.87. The molecule has 3 aromatic rings. The van der Waals surface area contributed by atoms with Gasteiger partial charge in [0.1, 0.15) is 0 Å². The van der Waals surface area contributed by atoms with Crippen LogP contribution in [0.25, 0.3) is 11.3 Å². The Labute approximate surface area is 137 Å². The number of nitro groups is 1. The van der Waals surface area contributed by atoms with Crippen molar-refractivity contribution in [2.75, 3.05) is 5.32 Å². The Hall–Kier alpha value is -3.48. The molecule has 0 aliphatic rings. The normalized spacial score (nSPS) is 10.4. The molecular formula is C17H14N4O3. The predicted molar refractivity (Wildman–Crippen MR) is 89.8 cm³/mol. The van der Waals surface area contributed by atoms with Crippen molar-refractivity contribution in [1.29, 1.82) is 0 Å². The van der Waals surface area contributed by atoms with Gasteiger partial charge in [0.15, 0.2) is 0 Å². The van der Waals surface area contributed by atoms with E-state index in [0.29, 0.717) is 11.3 Å². The third kappa shape index (κ3) is 3.00. The van der Waals surface area contributed by atoms with Gasteiger partial charge in [-0.15, -0.1) is 0 Å². The second kappa shape index (κ2) is 6.33. The van der Waals surface area contributed by atoms with Gasteiger partial charge < -0.3 is 5.32 Å². The zero-order chi connectivity index (χ0) is 17.1. The van der Waals surface area contributed by atoms with Crippen LogP contribution in [-0.2, 0) is 0 Å². The van der Waals surface area contributed by atoms with Crippen LogP contribution >= 0.6 is 0 Å². The zero-order valence-corrected chi connectivity index (χ0v) is 12.8. The van der Waals surface area contributed by atoms with Gasteiger partial charge in [0.25, 0.3) is 11.6 Å². The smallest absolute Gasteiger partial charge is 0.273 e. The Morgan fingerprint density at radius 1 is 1.21 bits per heavy atom. The van der Waals surface area contributed by atoms with E-state index in [1.165, 1.54) is 12.1 Å². The van der Waals surface area contributed by atoms with E-state index in [1.54, 1.807) is 31.3 Å². The molecule has 7 heteroatoms. The summed E-state index contributed by atoms with van der Waals surface area (Å²) in [4.78, 5) is 23.0. The Kier molecular flexibility index (Phi) is 4.07. The van der Waals surface area contributed by atoms with Gasteiger partial charge in [-0.1, -0.05) is 18.2 Å². The lowest BCUT2D eigenvalue weighted by Gasteiger charge is -2.09. The monoisotopic (exact) mass is 322 g/mol. The number of aromatic amines is 1. The third-order valence-electron chi connectivity index (χ3n) is 3.68. The fraction of sp³-hybridized carbons (Fsp3) is 0.0588. The van der Waals surface area contributed by atoms with Gasteiger partial charge in [0, 0.05) is 34.6 Å². The molecule has 1 aromatic heterocycles. The number of hydrogen-bond donors (Lipinski definition) is 2. The fourth-order valence-corrected chi connectivity index (χ4v) is 2.45. The molecule has 0 unspecified atom stereocenters. The molecule has 0 saturated heterocycles. The highest BCUT2D eigenvalue weighted by molar-refractivity contribution is 6.06. The number of amides is 1. The minimum Gasteiger partial charge on any atom is -0.322 e. The first-order valence-corrected chi connectivity index (χ1v) is 7.21. The van der Waals surface area contributed by atoms with Crippen molar-refractivity contribution < 1.29 is 9.72 Å². The topological polar surface area (TPSA) is 101 Å². The van der Waals surface area contributed by atoms with Crippen LogP contribution in [0.5, 0.6) is 0 Å². The van der Waals surface area contributed by atoms with Crippen molar-refractivity contribution >= 4 is 17.3 Å². The number of nitrogens with one attached hydrogen (secondary N) is 2. The number of H-pyrrole nitrogens is 1. The summed E-state index contributed by atoms with van der Waals surface area (Å²) in [7, 11) is 0. The quantitative estimate of drug-likeness (QED) is 0.566. The third-order valence-corrected chi connectivity index (χ3v) is 3.68. The maximum absolute atomic E-state index is 12.5. The van der Waals surface area contributed by atoms with Gasteiger partial charge in [-0.3, -0.25) is 20.0 Å². The van der Waals surface area contributed by atoms with Crippen molar-refractivity contribution in [3.8, 4) is 11.3 Å². The molecule has 0 aliphatic heterocycles. The summed E-state index contributed by atoms with van der Waals surface area (Å²) in [5.74, 6) is -0.391. The number of hydrogen-bond acceptors (Lipinski definition) is 4. The molecule has 1 amide bonds. The fourth-order valence-electron chi connectivity index (χ4n) is 2.45. The molecule has 0 saturated carbocycles. The Bertz CT molecular complexity index is 904. The van der Waals surface area contributed by atoms with Crippen molar-refractivity contribution in [3.63, 3.8) is 0 Å². The second-order valence-corrected chi connectivity index (χ2v) is 5.21. The van der Waals surface area contributed by atoms with Crippen molar-refractivity contribution in [1.82, 2.24) is 10.2 Å². The molecule has 3 rings (SSSR count). The summed E-state index contributed by atoms with van der Waals surface area (Å²) in [6.45, 7) is 1.56. The van der Waals surface area contributed by atoms with E-state index in [4.69, 9.17) is 0 Å². The van der Waals surface area contributed by atoms with E-state index in [1.807, 2.05) is 18.2 Å². The molecular weight excluding hydrogens is 308 g/mol. The summed E-state index contributed by atoms with van der Waals surface area (Å²) in [5, 5.41) is 20.5. The number of benzene rings is 2. The van der Waals surface area contributed by atoms with Crippen LogP contribution < -0.4 is 5.32 Å². The predicted octanol–water partition coefficient (Wildman–Crippen LogP) is 3.55. The SMILES string of the molecule is Cc1c(C(=O)Nc2cccc(-c3ccn[nH]3)c2)cccc1[N+](=O)[O-]. The number of rotatable bonds is 4. The van der Waals surface area contributed by atoms with E-state index >= 15 is 0 Å². The number of aromatic nitrogens is 2. The summed E-state index contributed by atoms with van der Waals surface area (Å²) < 4.78 is 0. The number of anilines is 1. The van der Waals surface area contributed by atoms with Crippen LogP contribution in [-0.4, -0.2) is 21.0 Å². The summed E-state index contributed by atoms with van der Waals surface area (Å²) in [6, 6.07) is 13.5. The molecule has 0 spiro atoms. The summed E-state index contributed by atoms with van der Waals surface area (Å²) in [6.07, 6.45) is 1.65. The van der Waals surface area contributed by atoms with Crippen molar-refractivity contribution in [2.45, 2.75) is 6.92 Å². The molecule has 1 heterocycles. The summed E-state index contributed by atoms with van der Waals surface area (Å²) >= 11 is 0. The first kappa shape index (κ1) is 15.4. The molecule has 0 bridgehead atoms. The first-order chi connectivity index (χ1) is 11.6. The largest absolute Gasteiger partial charge is 0.322 e. The Morgan fingerprint density at radius 3 is 2.71 bits per heavy atom. The molecule has 24 heavy (non-hydrogen) atoms. The average molecular weight is 322 g/mol. The van der Waals surface area contributed by atoms with Gasteiger partial charge in [-0.05, 0) is 31.2 Å². The Morgan fingerprint density at radius 2 is 2.00 bits per heavy atom. The molecule has 2 aromatic carbocycles. The van der Waals surface area contributed by atoms with Gasteiger partial charge >= 0.3 is 0 Å². The highest BCUT2D eigenvalue weighted by atomic mass is 16.6. The lowest BCUT2D eigenvalue weighted by atomic mass is 10.1. The molecule has 0 aliphatic carbocycles. The minimum atomic E-state index is -0.495. The number of nitrogens with zero attached hydrogens (tertiary/aromatic N) is 2. The standard InChI is InChI=1S/C17H14N4O3/c1-11-14(6-3-7-16(11)21(23)24)17(22)19-13-5-2-4-12(10-13)15-8-9-18-20-15/h2-10H,1H3,(H,18,20)(H,19,22). The van der Waals surface area contributed by atoms with E-state index in [2.05, 4.69) is 15.5 Å². The van der Waals surface area contributed by atoms with Crippen LogP contribution in [0.1, 0.15) is 15.9 Å². The van der Waals surface area contributed by atoms with Crippen LogP contribution in [0.15, 0.2) is 54.7 Å². The van der Waals surface area contributed by atoms with Crippen molar-refractivity contribution in [3.05, 3.63) is 76.0 Å². The van der Waals surface area contributed by atoms with E-state index in [9.17, 15) is 14.9 Å².